The summed E-state index contributed by atoms with van der Waals surface area (Å²) in [4.78, 5) is 6.98. The molecule has 0 aliphatic carbocycles. The lowest BCUT2D eigenvalue weighted by atomic mass is 10.0. The van der Waals surface area contributed by atoms with E-state index >= 15 is 0 Å². The zero-order valence-corrected chi connectivity index (χ0v) is 11.6. The summed E-state index contributed by atoms with van der Waals surface area (Å²) in [5, 5.41) is 4.87. The van der Waals surface area contributed by atoms with Gasteiger partial charge in [0.1, 0.15) is 0 Å². The number of pyridine rings is 1. The van der Waals surface area contributed by atoms with Gasteiger partial charge in [0.05, 0.1) is 5.52 Å². The first-order valence-electron chi connectivity index (χ1n) is 7.13. The summed E-state index contributed by atoms with van der Waals surface area (Å²) in [6.45, 7) is 6.66. The van der Waals surface area contributed by atoms with Crippen molar-refractivity contribution in [3.8, 4) is 0 Å². The number of hydrogen-bond acceptors (Lipinski definition) is 3. The Kier molecular flexibility index (Phi) is 3.38. The average Bonchev–Trinajstić information content (AvgIpc) is 2.47. The molecule has 1 aliphatic heterocycles. The second kappa shape index (κ2) is 5.17. The van der Waals surface area contributed by atoms with Gasteiger partial charge in [0.25, 0.3) is 0 Å². The SMILES string of the molecule is CCC1CN(c2cccc3ncccc23)C(C)CN1. The maximum absolute atomic E-state index is 4.46. The van der Waals surface area contributed by atoms with Crippen molar-refractivity contribution in [1.29, 1.82) is 0 Å². The number of aromatic nitrogens is 1. The van der Waals surface area contributed by atoms with Gasteiger partial charge in [-0.2, -0.15) is 0 Å². The van der Waals surface area contributed by atoms with Crippen molar-refractivity contribution in [2.45, 2.75) is 32.4 Å². The second-order valence-electron chi connectivity index (χ2n) is 5.36. The summed E-state index contributed by atoms with van der Waals surface area (Å²) < 4.78 is 0. The highest BCUT2D eigenvalue weighted by atomic mass is 15.2. The highest BCUT2D eigenvalue weighted by molar-refractivity contribution is 5.91. The Balaban J connectivity index is 2.02. The van der Waals surface area contributed by atoms with E-state index in [0.29, 0.717) is 12.1 Å². The molecule has 2 heterocycles. The van der Waals surface area contributed by atoms with Crippen LogP contribution in [0.2, 0.25) is 0 Å². The molecule has 19 heavy (non-hydrogen) atoms. The van der Waals surface area contributed by atoms with Gasteiger partial charge < -0.3 is 10.2 Å². The van der Waals surface area contributed by atoms with Crippen LogP contribution in [0.5, 0.6) is 0 Å². The van der Waals surface area contributed by atoms with Crippen molar-refractivity contribution in [1.82, 2.24) is 10.3 Å². The molecule has 2 aromatic rings. The van der Waals surface area contributed by atoms with Gasteiger partial charge in [-0.15, -0.1) is 0 Å². The lowest BCUT2D eigenvalue weighted by Gasteiger charge is -2.40. The van der Waals surface area contributed by atoms with Crippen molar-refractivity contribution in [3.63, 3.8) is 0 Å². The molecule has 1 aromatic heterocycles. The molecule has 2 unspecified atom stereocenters. The first kappa shape index (κ1) is 12.4. The third-order valence-electron chi connectivity index (χ3n) is 4.08. The van der Waals surface area contributed by atoms with Gasteiger partial charge in [0, 0.05) is 42.4 Å². The van der Waals surface area contributed by atoms with Crippen molar-refractivity contribution >= 4 is 16.6 Å². The molecule has 100 valence electrons. The lowest BCUT2D eigenvalue weighted by Crippen LogP contribution is -2.55. The molecule has 3 nitrogen and oxygen atoms in total. The van der Waals surface area contributed by atoms with Gasteiger partial charge in [-0.1, -0.05) is 13.0 Å². The number of anilines is 1. The summed E-state index contributed by atoms with van der Waals surface area (Å²) in [5.74, 6) is 0. The number of piperazine rings is 1. The number of nitrogens with zero attached hydrogens (tertiary/aromatic N) is 2. The quantitative estimate of drug-likeness (QED) is 0.894. The maximum atomic E-state index is 4.46. The van der Waals surface area contributed by atoms with E-state index in [9.17, 15) is 0 Å². The van der Waals surface area contributed by atoms with Crippen molar-refractivity contribution in [3.05, 3.63) is 36.5 Å². The maximum Gasteiger partial charge on any atom is 0.0722 e. The van der Waals surface area contributed by atoms with Crippen LogP contribution in [-0.4, -0.2) is 30.2 Å². The van der Waals surface area contributed by atoms with E-state index < -0.39 is 0 Å². The van der Waals surface area contributed by atoms with Crippen LogP contribution < -0.4 is 10.2 Å². The first-order chi connectivity index (χ1) is 9.29. The molecule has 1 saturated heterocycles. The third-order valence-corrected chi connectivity index (χ3v) is 4.08. The van der Waals surface area contributed by atoms with Crippen LogP contribution in [0.4, 0.5) is 5.69 Å². The number of hydrogen-bond donors (Lipinski definition) is 1. The van der Waals surface area contributed by atoms with E-state index in [1.165, 1.54) is 17.5 Å². The van der Waals surface area contributed by atoms with Crippen LogP contribution in [0.15, 0.2) is 36.5 Å². The third kappa shape index (κ3) is 2.30. The molecule has 3 heteroatoms. The predicted octanol–water partition coefficient (Wildman–Crippen LogP) is 2.81. The lowest BCUT2D eigenvalue weighted by molar-refractivity contribution is 0.398. The summed E-state index contributed by atoms with van der Waals surface area (Å²) in [6.07, 6.45) is 3.04. The molecular formula is C16H21N3. The number of nitrogens with one attached hydrogen (secondary N) is 1. The summed E-state index contributed by atoms with van der Waals surface area (Å²) >= 11 is 0. The van der Waals surface area contributed by atoms with Gasteiger partial charge in [-0.05, 0) is 37.6 Å². The zero-order valence-electron chi connectivity index (χ0n) is 11.6. The highest BCUT2D eigenvalue weighted by Crippen LogP contribution is 2.28. The van der Waals surface area contributed by atoms with Crippen LogP contribution in [0, 0.1) is 0 Å². The van der Waals surface area contributed by atoms with Crippen molar-refractivity contribution in [2.75, 3.05) is 18.0 Å². The van der Waals surface area contributed by atoms with Crippen LogP contribution in [0.1, 0.15) is 20.3 Å². The molecule has 1 N–H and O–H groups in total. The molecular weight excluding hydrogens is 234 g/mol. The molecule has 1 aromatic carbocycles. The second-order valence-corrected chi connectivity index (χ2v) is 5.36. The fraction of sp³-hybridized carbons (Fsp3) is 0.438. The van der Waals surface area contributed by atoms with Crippen LogP contribution in [0.25, 0.3) is 10.9 Å². The standard InChI is InChI=1S/C16H21N3/c1-3-13-11-19(12(2)10-18-13)16-8-4-7-15-14(16)6-5-9-17-15/h4-9,12-13,18H,3,10-11H2,1-2H3. The minimum atomic E-state index is 0.522. The van der Waals surface area contributed by atoms with Gasteiger partial charge in [-0.25, -0.2) is 0 Å². The summed E-state index contributed by atoms with van der Waals surface area (Å²) in [5.41, 5.74) is 2.40. The van der Waals surface area contributed by atoms with Gasteiger partial charge in [-0.3, -0.25) is 4.98 Å². The topological polar surface area (TPSA) is 28.2 Å². The largest absolute Gasteiger partial charge is 0.365 e. The molecule has 0 saturated carbocycles. The minimum absolute atomic E-state index is 0.522. The van der Waals surface area contributed by atoms with Crippen molar-refractivity contribution in [2.24, 2.45) is 0 Å². The molecule has 3 rings (SSSR count). The molecule has 1 fully saturated rings. The Morgan fingerprint density at radius 1 is 1.32 bits per heavy atom. The molecule has 0 bridgehead atoms. The zero-order chi connectivity index (χ0) is 13.2. The van der Waals surface area contributed by atoms with Gasteiger partial charge in [0.2, 0.25) is 0 Å². The van der Waals surface area contributed by atoms with E-state index in [0.717, 1.165) is 18.6 Å². The smallest absolute Gasteiger partial charge is 0.0722 e. The Morgan fingerprint density at radius 2 is 2.21 bits per heavy atom. The average molecular weight is 255 g/mol. The minimum Gasteiger partial charge on any atom is -0.365 e. The normalized spacial score (nSPS) is 23.8. The highest BCUT2D eigenvalue weighted by Gasteiger charge is 2.25. The van der Waals surface area contributed by atoms with Crippen LogP contribution >= 0.6 is 0 Å². The monoisotopic (exact) mass is 255 g/mol. The Labute approximate surface area is 114 Å². The predicted molar refractivity (Wildman–Crippen MR) is 80.6 cm³/mol. The van der Waals surface area contributed by atoms with E-state index in [4.69, 9.17) is 0 Å². The number of fused-ring (bicyclic) bond motifs is 1. The Morgan fingerprint density at radius 3 is 3.05 bits per heavy atom. The number of rotatable bonds is 2. The first-order valence-corrected chi connectivity index (χ1v) is 7.13. The van der Waals surface area contributed by atoms with Gasteiger partial charge >= 0.3 is 0 Å². The van der Waals surface area contributed by atoms with Crippen LogP contribution in [0.3, 0.4) is 0 Å². The van der Waals surface area contributed by atoms with E-state index in [-0.39, 0.29) is 0 Å². The molecule has 0 spiro atoms. The summed E-state index contributed by atoms with van der Waals surface area (Å²) in [7, 11) is 0. The Bertz CT molecular complexity index is 561. The van der Waals surface area contributed by atoms with E-state index in [1.807, 2.05) is 12.3 Å². The van der Waals surface area contributed by atoms with E-state index in [2.05, 4.69) is 53.3 Å². The van der Waals surface area contributed by atoms with Crippen LogP contribution in [-0.2, 0) is 0 Å². The number of benzene rings is 1. The summed E-state index contributed by atoms with van der Waals surface area (Å²) in [6, 6.07) is 11.7. The molecule has 1 aliphatic rings. The molecule has 0 amide bonds. The fourth-order valence-electron chi connectivity index (χ4n) is 2.88. The fourth-order valence-corrected chi connectivity index (χ4v) is 2.88. The molecule has 2 atom stereocenters. The van der Waals surface area contributed by atoms with Crippen molar-refractivity contribution < 1.29 is 0 Å². The van der Waals surface area contributed by atoms with Gasteiger partial charge in [0.15, 0.2) is 0 Å². The molecule has 0 radical (unpaired) electrons. The van der Waals surface area contributed by atoms with E-state index in [1.54, 1.807) is 0 Å². The Hall–Kier alpha value is -1.61.